The average Bonchev–Trinajstić information content (AvgIpc) is 2.88. The summed E-state index contributed by atoms with van der Waals surface area (Å²) >= 11 is 0. The Labute approximate surface area is 147 Å². The standard InChI is InChI=1S/C22H20O3/c1-2-3-15-25-17-13-11-16(12-14-17)7-6-10-20-21(23)18-8-4-5-9-19(18)22(20)24/h4-14H,2-3,15H2,1H3/b7-6+. The molecule has 0 N–H and O–H groups in total. The van der Waals surface area contributed by atoms with Gasteiger partial charge in [-0.25, -0.2) is 0 Å². The number of Topliss-reactive ketones (excluding diaryl/α,β-unsaturated/α-hetero) is 2. The van der Waals surface area contributed by atoms with Crippen LogP contribution in [-0.2, 0) is 0 Å². The summed E-state index contributed by atoms with van der Waals surface area (Å²) in [4.78, 5) is 24.6. The van der Waals surface area contributed by atoms with E-state index >= 15 is 0 Å². The predicted molar refractivity (Wildman–Crippen MR) is 99.1 cm³/mol. The van der Waals surface area contributed by atoms with Gasteiger partial charge in [0.25, 0.3) is 0 Å². The Bertz CT molecular complexity index is 805. The van der Waals surface area contributed by atoms with Crippen molar-refractivity contribution in [1.82, 2.24) is 0 Å². The highest BCUT2D eigenvalue weighted by molar-refractivity contribution is 6.39. The first-order valence-electron chi connectivity index (χ1n) is 8.50. The number of carbonyl (C=O) groups excluding carboxylic acids is 2. The monoisotopic (exact) mass is 332 g/mol. The summed E-state index contributed by atoms with van der Waals surface area (Å²) in [7, 11) is 0. The van der Waals surface area contributed by atoms with Crippen molar-refractivity contribution < 1.29 is 14.3 Å². The maximum atomic E-state index is 12.3. The number of ketones is 2. The SMILES string of the molecule is CCCCOc1ccc(/C=C/C=C2C(=O)c3ccccc3C2=O)cc1. The van der Waals surface area contributed by atoms with Crippen molar-refractivity contribution >= 4 is 17.6 Å². The summed E-state index contributed by atoms with van der Waals surface area (Å²) in [5.74, 6) is 0.440. The molecule has 0 saturated carbocycles. The van der Waals surface area contributed by atoms with Crippen LogP contribution in [0.5, 0.6) is 5.75 Å². The molecule has 0 aromatic heterocycles. The summed E-state index contributed by atoms with van der Waals surface area (Å²) in [6, 6.07) is 14.7. The maximum Gasteiger partial charge on any atom is 0.197 e. The molecule has 3 nitrogen and oxygen atoms in total. The average molecular weight is 332 g/mol. The van der Waals surface area contributed by atoms with Gasteiger partial charge in [0.1, 0.15) is 5.75 Å². The summed E-state index contributed by atoms with van der Waals surface area (Å²) in [6.07, 6.45) is 7.35. The molecule has 1 aliphatic carbocycles. The largest absolute Gasteiger partial charge is 0.494 e. The molecule has 0 heterocycles. The third kappa shape index (κ3) is 3.77. The maximum absolute atomic E-state index is 12.3. The van der Waals surface area contributed by atoms with E-state index in [1.807, 2.05) is 30.3 Å². The van der Waals surface area contributed by atoms with Crippen molar-refractivity contribution in [3.8, 4) is 5.75 Å². The molecule has 1 aliphatic rings. The lowest BCUT2D eigenvalue weighted by Crippen LogP contribution is -1.99. The van der Waals surface area contributed by atoms with Crippen molar-refractivity contribution in [2.45, 2.75) is 19.8 Å². The second-order valence-corrected chi connectivity index (χ2v) is 5.91. The highest BCUT2D eigenvalue weighted by Gasteiger charge is 2.31. The number of carbonyl (C=O) groups is 2. The molecular formula is C22H20O3. The molecule has 126 valence electrons. The summed E-state index contributed by atoms with van der Waals surface area (Å²) in [6.45, 7) is 2.85. The van der Waals surface area contributed by atoms with Crippen LogP contribution >= 0.6 is 0 Å². The molecule has 0 bridgehead atoms. The first-order valence-corrected chi connectivity index (χ1v) is 8.50. The van der Waals surface area contributed by atoms with Gasteiger partial charge >= 0.3 is 0 Å². The molecule has 0 atom stereocenters. The van der Waals surface area contributed by atoms with Crippen molar-refractivity contribution in [2.75, 3.05) is 6.61 Å². The van der Waals surface area contributed by atoms with Crippen LogP contribution in [-0.4, -0.2) is 18.2 Å². The van der Waals surface area contributed by atoms with Crippen LogP contribution in [0.15, 0.2) is 66.3 Å². The lowest BCUT2D eigenvalue weighted by Gasteiger charge is -2.04. The van der Waals surface area contributed by atoms with Crippen LogP contribution in [0.2, 0.25) is 0 Å². The zero-order chi connectivity index (χ0) is 17.6. The van der Waals surface area contributed by atoms with E-state index in [4.69, 9.17) is 4.74 Å². The van der Waals surface area contributed by atoms with Gasteiger partial charge in [-0.15, -0.1) is 0 Å². The fourth-order valence-corrected chi connectivity index (χ4v) is 2.69. The first kappa shape index (κ1) is 16.9. The number of hydrogen-bond donors (Lipinski definition) is 0. The van der Waals surface area contributed by atoms with Crippen LogP contribution < -0.4 is 4.74 Å². The summed E-state index contributed by atoms with van der Waals surface area (Å²) < 4.78 is 5.63. The summed E-state index contributed by atoms with van der Waals surface area (Å²) in [5.41, 5.74) is 2.17. The van der Waals surface area contributed by atoms with E-state index in [0.29, 0.717) is 11.1 Å². The Morgan fingerprint density at radius 1 is 0.920 bits per heavy atom. The number of rotatable bonds is 6. The van der Waals surface area contributed by atoms with E-state index in [9.17, 15) is 9.59 Å². The van der Waals surface area contributed by atoms with Gasteiger partial charge in [0.05, 0.1) is 12.2 Å². The van der Waals surface area contributed by atoms with Gasteiger partial charge in [0.15, 0.2) is 11.6 Å². The minimum Gasteiger partial charge on any atom is -0.494 e. The fourth-order valence-electron chi connectivity index (χ4n) is 2.69. The Balaban J connectivity index is 1.68. The van der Waals surface area contributed by atoms with E-state index in [0.717, 1.165) is 30.8 Å². The van der Waals surface area contributed by atoms with Crippen LogP contribution in [0.25, 0.3) is 6.08 Å². The Morgan fingerprint density at radius 2 is 1.56 bits per heavy atom. The van der Waals surface area contributed by atoms with Crippen molar-refractivity contribution in [3.05, 3.63) is 82.9 Å². The second kappa shape index (κ2) is 7.75. The molecule has 0 unspecified atom stereocenters. The molecule has 2 aromatic rings. The lowest BCUT2D eigenvalue weighted by atomic mass is 10.1. The predicted octanol–water partition coefficient (Wildman–Crippen LogP) is 4.88. The minimum absolute atomic E-state index is 0.204. The molecule has 0 amide bonds. The number of benzene rings is 2. The molecule has 0 spiro atoms. The molecule has 0 aliphatic heterocycles. The molecular weight excluding hydrogens is 312 g/mol. The molecule has 0 saturated heterocycles. The highest BCUT2D eigenvalue weighted by Crippen LogP contribution is 2.26. The lowest BCUT2D eigenvalue weighted by molar-refractivity contribution is 0.0989. The third-order valence-electron chi connectivity index (χ3n) is 4.10. The van der Waals surface area contributed by atoms with Crippen LogP contribution in [0.4, 0.5) is 0 Å². The highest BCUT2D eigenvalue weighted by atomic mass is 16.5. The van der Waals surface area contributed by atoms with Gasteiger partial charge in [-0.2, -0.15) is 0 Å². The molecule has 3 rings (SSSR count). The van der Waals surface area contributed by atoms with E-state index in [1.54, 1.807) is 36.4 Å². The first-order chi connectivity index (χ1) is 12.2. The summed E-state index contributed by atoms with van der Waals surface area (Å²) in [5, 5.41) is 0. The number of hydrogen-bond acceptors (Lipinski definition) is 3. The molecule has 2 aromatic carbocycles. The molecule has 25 heavy (non-hydrogen) atoms. The third-order valence-corrected chi connectivity index (χ3v) is 4.10. The zero-order valence-electron chi connectivity index (χ0n) is 14.2. The van der Waals surface area contributed by atoms with E-state index in [1.165, 1.54) is 0 Å². The second-order valence-electron chi connectivity index (χ2n) is 5.91. The Kier molecular flexibility index (Phi) is 5.24. The number of allylic oxidation sites excluding steroid dienone is 3. The van der Waals surface area contributed by atoms with Gasteiger partial charge in [-0.05, 0) is 30.2 Å². The van der Waals surface area contributed by atoms with E-state index in [-0.39, 0.29) is 17.1 Å². The quantitative estimate of drug-likeness (QED) is 0.430. The Morgan fingerprint density at radius 3 is 2.16 bits per heavy atom. The van der Waals surface area contributed by atoms with Gasteiger partial charge in [-0.3, -0.25) is 9.59 Å². The Hall–Kier alpha value is -2.94. The molecule has 0 radical (unpaired) electrons. The smallest absolute Gasteiger partial charge is 0.197 e. The van der Waals surface area contributed by atoms with Gasteiger partial charge < -0.3 is 4.74 Å². The van der Waals surface area contributed by atoms with Gasteiger partial charge in [0.2, 0.25) is 0 Å². The zero-order valence-corrected chi connectivity index (χ0v) is 14.2. The molecule has 3 heteroatoms. The van der Waals surface area contributed by atoms with Crippen molar-refractivity contribution in [3.63, 3.8) is 0 Å². The van der Waals surface area contributed by atoms with E-state index in [2.05, 4.69) is 6.92 Å². The van der Waals surface area contributed by atoms with Crippen molar-refractivity contribution in [1.29, 1.82) is 0 Å². The van der Waals surface area contributed by atoms with Gasteiger partial charge in [0, 0.05) is 11.1 Å². The normalized spacial score (nSPS) is 13.4. The van der Waals surface area contributed by atoms with Crippen LogP contribution in [0.3, 0.4) is 0 Å². The number of ether oxygens (including phenoxy) is 1. The van der Waals surface area contributed by atoms with Crippen LogP contribution in [0.1, 0.15) is 46.0 Å². The van der Waals surface area contributed by atoms with Crippen molar-refractivity contribution in [2.24, 2.45) is 0 Å². The van der Waals surface area contributed by atoms with E-state index < -0.39 is 0 Å². The van der Waals surface area contributed by atoms with Crippen LogP contribution in [0, 0.1) is 0 Å². The topological polar surface area (TPSA) is 43.4 Å². The minimum atomic E-state index is -0.204. The number of fused-ring (bicyclic) bond motifs is 1. The molecule has 0 fully saturated rings. The number of unbranched alkanes of at least 4 members (excludes halogenated alkanes) is 1. The van der Waals surface area contributed by atoms with Gasteiger partial charge in [-0.1, -0.05) is 61.9 Å². The fraction of sp³-hybridized carbons (Fsp3) is 0.182.